The molecule has 1 atom stereocenters. The van der Waals surface area contributed by atoms with Gasteiger partial charge >= 0.3 is 5.97 Å². The lowest BCUT2D eigenvalue weighted by Crippen LogP contribution is -2.40. The van der Waals surface area contributed by atoms with Gasteiger partial charge in [-0.25, -0.2) is 4.79 Å². The van der Waals surface area contributed by atoms with Gasteiger partial charge in [0.2, 0.25) is 5.91 Å². The Bertz CT molecular complexity index is 691. The van der Waals surface area contributed by atoms with Gasteiger partial charge in [0, 0.05) is 30.6 Å². The number of para-hydroxylation sites is 1. The summed E-state index contributed by atoms with van der Waals surface area (Å²) in [5, 5.41) is 12.9. The fourth-order valence-electron chi connectivity index (χ4n) is 2.81. The van der Waals surface area contributed by atoms with E-state index < -0.39 is 12.0 Å². The van der Waals surface area contributed by atoms with E-state index in [0.717, 1.165) is 29.3 Å². The minimum Gasteiger partial charge on any atom is -0.480 e. The molecule has 1 aromatic carbocycles. The molecule has 2 N–H and O–H groups in total. The van der Waals surface area contributed by atoms with E-state index in [1.165, 1.54) is 0 Å². The van der Waals surface area contributed by atoms with Gasteiger partial charge in [0.25, 0.3) is 0 Å². The van der Waals surface area contributed by atoms with E-state index in [1.54, 1.807) is 0 Å². The molecule has 2 aromatic rings. The Hall–Kier alpha value is -2.30. The highest BCUT2D eigenvalue weighted by Gasteiger charge is 2.19. The molecule has 0 radical (unpaired) electrons. The molecule has 2 rings (SSSR count). The smallest absolute Gasteiger partial charge is 0.326 e. The average molecular weight is 316 g/mol. The number of carbonyl (C=O) groups excluding carboxylic acids is 1. The molecule has 0 fully saturated rings. The molecule has 5 nitrogen and oxygen atoms in total. The second-order valence-electron chi connectivity index (χ2n) is 5.88. The van der Waals surface area contributed by atoms with Crippen molar-refractivity contribution in [1.29, 1.82) is 0 Å². The van der Waals surface area contributed by atoms with Crippen molar-refractivity contribution in [3.63, 3.8) is 0 Å². The largest absolute Gasteiger partial charge is 0.480 e. The Morgan fingerprint density at radius 2 is 2.04 bits per heavy atom. The van der Waals surface area contributed by atoms with Crippen LogP contribution >= 0.6 is 0 Å². The van der Waals surface area contributed by atoms with Gasteiger partial charge in [0.15, 0.2) is 0 Å². The Morgan fingerprint density at radius 3 is 2.74 bits per heavy atom. The van der Waals surface area contributed by atoms with Crippen LogP contribution < -0.4 is 5.32 Å². The topological polar surface area (TPSA) is 71.3 Å². The van der Waals surface area contributed by atoms with Gasteiger partial charge in [-0.2, -0.15) is 0 Å². The number of carboxylic acid groups (broad SMARTS) is 1. The third-order valence-electron chi connectivity index (χ3n) is 4.08. The maximum atomic E-state index is 12.1. The third kappa shape index (κ3) is 4.34. The van der Waals surface area contributed by atoms with Crippen molar-refractivity contribution in [3.05, 3.63) is 36.0 Å². The number of nitrogens with one attached hydrogen (secondary N) is 1. The molecule has 0 saturated heterocycles. The molecule has 0 aliphatic carbocycles. The number of unbranched alkanes of at least 4 members (excludes halogenated alkanes) is 1. The number of carbonyl (C=O) groups is 2. The van der Waals surface area contributed by atoms with Crippen LogP contribution in [0.15, 0.2) is 30.5 Å². The monoisotopic (exact) mass is 316 g/mol. The number of aromatic nitrogens is 1. The van der Waals surface area contributed by atoms with Crippen molar-refractivity contribution >= 4 is 22.8 Å². The number of rotatable bonds is 8. The zero-order valence-electron chi connectivity index (χ0n) is 13.7. The second kappa shape index (κ2) is 7.81. The maximum Gasteiger partial charge on any atom is 0.326 e. The Balaban J connectivity index is 1.96. The molecule has 23 heavy (non-hydrogen) atoms. The number of amides is 1. The molecule has 0 aliphatic heterocycles. The van der Waals surface area contributed by atoms with E-state index in [2.05, 4.69) is 5.32 Å². The molecule has 0 aliphatic rings. The number of benzene rings is 1. The molecule has 1 unspecified atom stereocenters. The van der Waals surface area contributed by atoms with E-state index in [9.17, 15) is 9.59 Å². The molecule has 1 heterocycles. The molecule has 0 bridgehead atoms. The summed E-state index contributed by atoms with van der Waals surface area (Å²) in [6, 6.07) is 7.28. The van der Waals surface area contributed by atoms with Crippen LogP contribution in [-0.4, -0.2) is 27.6 Å². The van der Waals surface area contributed by atoms with Crippen molar-refractivity contribution in [1.82, 2.24) is 9.88 Å². The fourth-order valence-corrected chi connectivity index (χ4v) is 2.81. The first-order valence-corrected chi connectivity index (χ1v) is 8.08. The minimum absolute atomic E-state index is 0.207. The van der Waals surface area contributed by atoms with Gasteiger partial charge in [-0.3, -0.25) is 4.79 Å². The standard InChI is InChI=1S/C18H24N2O3/c1-3-4-8-15(18(22)23)19-17(21)11-10-13-12-20(2)16-9-6-5-7-14(13)16/h5-7,9,12,15H,3-4,8,10-11H2,1-2H3,(H,19,21)(H,22,23). The molecule has 0 saturated carbocycles. The Kier molecular flexibility index (Phi) is 5.79. The highest BCUT2D eigenvalue weighted by molar-refractivity contribution is 5.86. The van der Waals surface area contributed by atoms with Crippen LogP contribution in [0.2, 0.25) is 0 Å². The summed E-state index contributed by atoms with van der Waals surface area (Å²) in [6.07, 6.45) is 5.11. The summed E-state index contributed by atoms with van der Waals surface area (Å²) in [6.45, 7) is 2.00. The molecule has 1 amide bonds. The van der Waals surface area contributed by atoms with Gasteiger partial charge in [0.05, 0.1) is 0 Å². The van der Waals surface area contributed by atoms with Crippen LogP contribution in [0.1, 0.15) is 38.2 Å². The molecular formula is C18H24N2O3. The normalized spacial score (nSPS) is 12.3. The van der Waals surface area contributed by atoms with Gasteiger partial charge < -0.3 is 15.0 Å². The van der Waals surface area contributed by atoms with E-state index in [4.69, 9.17) is 5.11 Å². The third-order valence-corrected chi connectivity index (χ3v) is 4.08. The first-order chi connectivity index (χ1) is 11.0. The number of aliphatic carboxylic acids is 1. The van der Waals surface area contributed by atoms with Gasteiger partial charge in [-0.15, -0.1) is 0 Å². The minimum atomic E-state index is -0.961. The van der Waals surface area contributed by atoms with Gasteiger partial charge in [-0.1, -0.05) is 38.0 Å². The van der Waals surface area contributed by atoms with Crippen LogP contribution in [-0.2, 0) is 23.1 Å². The lowest BCUT2D eigenvalue weighted by molar-refractivity contribution is -0.142. The SMILES string of the molecule is CCCCC(NC(=O)CCc1cn(C)c2ccccc12)C(=O)O. The number of carboxylic acids is 1. The van der Waals surface area contributed by atoms with Gasteiger partial charge in [0.1, 0.15) is 6.04 Å². The van der Waals surface area contributed by atoms with Gasteiger partial charge in [-0.05, 0) is 24.5 Å². The van der Waals surface area contributed by atoms with Crippen molar-refractivity contribution in [2.24, 2.45) is 7.05 Å². The molecule has 124 valence electrons. The molecular weight excluding hydrogens is 292 g/mol. The predicted octanol–water partition coefficient (Wildman–Crippen LogP) is 2.87. The lowest BCUT2D eigenvalue weighted by atomic mass is 10.1. The number of aryl methyl sites for hydroxylation is 2. The van der Waals surface area contributed by atoms with Crippen molar-refractivity contribution < 1.29 is 14.7 Å². The number of hydrogen-bond donors (Lipinski definition) is 2. The predicted molar refractivity (Wildman–Crippen MR) is 90.3 cm³/mol. The highest BCUT2D eigenvalue weighted by atomic mass is 16.4. The number of nitrogens with zero attached hydrogens (tertiary/aromatic N) is 1. The molecule has 0 spiro atoms. The first-order valence-electron chi connectivity index (χ1n) is 8.08. The van der Waals surface area contributed by atoms with E-state index in [-0.39, 0.29) is 5.91 Å². The zero-order chi connectivity index (χ0) is 16.8. The van der Waals surface area contributed by atoms with Crippen LogP contribution in [0.3, 0.4) is 0 Å². The van der Waals surface area contributed by atoms with Crippen molar-refractivity contribution in [2.45, 2.75) is 45.1 Å². The summed E-state index contributed by atoms with van der Waals surface area (Å²) >= 11 is 0. The van der Waals surface area contributed by atoms with E-state index >= 15 is 0 Å². The quantitative estimate of drug-likeness (QED) is 0.786. The van der Waals surface area contributed by atoms with E-state index in [1.807, 2.05) is 49.0 Å². The summed E-state index contributed by atoms with van der Waals surface area (Å²) in [7, 11) is 1.98. The van der Waals surface area contributed by atoms with E-state index in [0.29, 0.717) is 19.3 Å². The second-order valence-corrected chi connectivity index (χ2v) is 5.88. The highest BCUT2D eigenvalue weighted by Crippen LogP contribution is 2.21. The zero-order valence-corrected chi connectivity index (χ0v) is 13.7. The summed E-state index contributed by atoms with van der Waals surface area (Å²) in [5.74, 6) is -1.17. The van der Waals surface area contributed by atoms with Crippen LogP contribution in [0.4, 0.5) is 0 Å². The Labute approximate surface area is 136 Å². The van der Waals surface area contributed by atoms with Crippen LogP contribution in [0.5, 0.6) is 0 Å². The van der Waals surface area contributed by atoms with Crippen LogP contribution in [0, 0.1) is 0 Å². The summed E-state index contributed by atoms with van der Waals surface area (Å²) < 4.78 is 2.05. The Morgan fingerprint density at radius 1 is 1.30 bits per heavy atom. The first kappa shape index (κ1) is 17.1. The molecule has 5 heteroatoms. The summed E-state index contributed by atoms with van der Waals surface area (Å²) in [5.41, 5.74) is 2.24. The van der Waals surface area contributed by atoms with Crippen molar-refractivity contribution in [3.8, 4) is 0 Å². The fraction of sp³-hybridized carbons (Fsp3) is 0.444. The summed E-state index contributed by atoms with van der Waals surface area (Å²) in [4.78, 5) is 23.2. The average Bonchev–Trinajstić information content (AvgIpc) is 2.86. The number of hydrogen-bond acceptors (Lipinski definition) is 2. The van der Waals surface area contributed by atoms with Crippen LogP contribution in [0.25, 0.3) is 10.9 Å². The lowest BCUT2D eigenvalue weighted by Gasteiger charge is -2.13. The number of fused-ring (bicyclic) bond motifs is 1. The maximum absolute atomic E-state index is 12.1. The molecule has 1 aromatic heterocycles. The van der Waals surface area contributed by atoms with Crippen molar-refractivity contribution in [2.75, 3.05) is 0 Å².